The number of nitrogens with one attached hydrogen (secondary N) is 2. The highest BCUT2D eigenvalue weighted by Gasteiger charge is 2.22. The fourth-order valence-electron chi connectivity index (χ4n) is 2.35. The summed E-state index contributed by atoms with van der Waals surface area (Å²) in [4.78, 5) is 12.2. The molecule has 1 aliphatic heterocycles. The minimum atomic E-state index is -0.104. The van der Waals surface area contributed by atoms with E-state index in [1.54, 1.807) is 12.1 Å². The lowest BCUT2D eigenvalue weighted by Crippen LogP contribution is -2.39. The van der Waals surface area contributed by atoms with Crippen LogP contribution in [0.4, 0.5) is 0 Å². The number of halogens is 3. The lowest BCUT2D eigenvalue weighted by Gasteiger charge is -2.24. The predicted molar refractivity (Wildman–Crippen MR) is 85.9 cm³/mol. The van der Waals surface area contributed by atoms with Crippen LogP contribution in [0.5, 0.6) is 0 Å². The molecule has 3 nitrogen and oxygen atoms in total. The van der Waals surface area contributed by atoms with Crippen molar-refractivity contribution in [1.82, 2.24) is 10.6 Å². The van der Waals surface area contributed by atoms with Crippen molar-refractivity contribution in [1.29, 1.82) is 0 Å². The molecule has 2 N–H and O–H groups in total. The molecule has 112 valence electrons. The van der Waals surface area contributed by atoms with Crippen LogP contribution in [0.15, 0.2) is 18.2 Å². The third kappa shape index (κ3) is 4.52. The normalized spacial score (nSPS) is 17.1. The second kappa shape index (κ2) is 8.08. The van der Waals surface area contributed by atoms with Gasteiger partial charge in [0.05, 0.1) is 6.04 Å². The maximum atomic E-state index is 12.2. The first-order valence-corrected chi connectivity index (χ1v) is 7.29. The van der Waals surface area contributed by atoms with Gasteiger partial charge in [0.25, 0.3) is 0 Å². The van der Waals surface area contributed by atoms with Crippen LogP contribution in [0.25, 0.3) is 0 Å². The Hall–Kier alpha value is -0.480. The average molecular weight is 338 g/mol. The summed E-state index contributed by atoms with van der Waals surface area (Å²) in [6.07, 6.45) is 1.79. The van der Waals surface area contributed by atoms with Gasteiger partial charge in [0.1, 0.15) is 0 Å². The summed E-state index contributed by atoms with van der Waals surface area (Å²) < 4.78 is 0. The molecule has 0 bridgehead atoms. The Bertz CT molecular complexity index is 462. The largest absolute Gasteiger partial charge is 0.349 e. The fourth-order valence-corrected chi connectivity index (χ4v) is 2.92. The highest BCUT2D eigenvalue weighted by molar-refractivity contribution is 6.35. The summed E-state index contributed by atoms with van der Waals surface area (Å²) in [6.45, 7) is 3.76. The van der Waals surface area contributed by atoms with Crippen molar-refractivity contribution >= 4 is 41.5 Å². The molecule has 1 aromatic rings. The molecule has 0 radical (unpaired) electrons. The summed E-state index contributed by atoms with van der Waals surface area (Å²) in [5.41, 5.74) is 0.897. The zero-order chi connectivity index (χ0) is 13.8. The second-order valence-corrected chi connectivity index (χ2v) is 5.76. The molecule has 1 heterocycles. The highest BCUT2D eigenvalue weighted by Crippen LogP contribution is 2.26. The summed E-state index contributed by atoms with van der Waals surface area (Å²) in [6, 6.07) is 5.24. The Morgan fingerprint density at radius 2 is 2.00 bits per heavy atom. The van der Waals surface area contributed by atoms with Gasteiger partial charge in [-0.1, -0.05) is 29.3 Å². The molecule has 0 saturated carbocycles. The van der Waals surface area contributed by atoms with Gasteiger partial charge in [0, 0.05) is 16.0 Å². The number of piperidine rings is 1. The lowest BCUT2D eigenvalue weighted by atomic mass is 9.96. The summed E-state index contributed by atoms with van der Waals surface area (Å²) in [5, 5.41) is 7.48. The standard InChI is InChI=1S/C14H18Cl2N2O.ClH/c1-9(12-3-2-11(15)8-13(12)16)18-14(19)10-4-6-17-7-5-10;/h2-3,8-10,17H,4-7H2,1H3,(H,18,19);1H. The van der Waals surface area contributed by atoms with Crippen LogP contribution in [0.2, 0.25) is 10.0 Å². The zero-order valence-electron chi connectivity index (χ0n) is 11.3. The molecule has 1 fully saturated rings. The number of amides is 1. The van der Waals surface area contributed by atoms with E-state index in [1.165, 1.54) is 0 Å². The van der Waals surface area contributed by atoms with Gasteiger partial charge >= 0.3 is 0 Å². The second-order valence-electron chi connectivity index (χ2n) is 4.92. The SMILES string of the molecule is CC(NC(=O)C1CCNCC1)c1ccc(Cl)cc1Cl.Cl. The van der Waals surface area contributed by atoms with Gasteiger partial charge in [-0.15, -0.1) is 12.4 Å². The molecule has 0 aromatic heterocycles. The van der Waals surface area contributed by atoms with Crippen molar-refractivity contribution in [2.24, 2.45) is 5.92 Å². The molecule has 1 amide bonds. The van der Waals surface area contributed by atoms with E-state index in [-0.39, 0.29) is 30.3 Å². The third-order valence-electron chi connectivity index (χ3n) is 3.50. The number of rotatable bonds is 3. The first-order valence-electron chi connectivity index (χ1n) is 6.54. The van der Waals surface area contributed by atoms with Crippen LogP contribution in [-0.4, -0.2) is 19.0 Å². The lowest BCUT2D eigenvalue weighted by molar-refractivity contribution is -0.126. The maximum Gasteiger partial charge on any atom is 0.223 e. The van der Waals surface area contributed by atoms with Gasteiger partial charge in [0.15, 0.2) is 0 Å². The van der Waals surface area contributed by atoms with E-state index in [0.717, 1.165) is 31.5 Å². The van der Waals surface area contributed by atoms with Crippen molar-refractivity contribution in [3.8, 4) is 0 Å². The average Bonchev–Trinajstić information content (AvgIpc) is 2.39. The molecule has 2 rings (SSSR count). The summed E-state index contributed by atoms with van der Waals surface area (Å²) >= 11 is 12.0. The third-order valence-corrected chi connectivity index (χ3v) is 4.06. The smallest absolute Gasteiger partial charge is 0.223 e. The van der Waals surface area contributed by atoms with Gasteiger partial charge in [-0.3, -0.25) is 4.79 Å². The number of benzene rings is 1. The van der Waals surface area contributed by atoms with E-state index in [4.69, 9.17) is 23.2 Å². The highest BCUT2D eigenvalue weighted by atomic mass is 35.5. The zero-order valence-corrected chi connectivity index (χ0v) is 13.6. The Kier molecular flexibility index (Phi) is 7.10. The molecule has 0 aliphatic carbocycles. The molecule has 1 aromatic carbocycles. The number of carbonyl (C=O) groups is 1. The van der Waals surface area contributed by atoms with Crippen LogP contribution in [0.1, 0.15) is 31.4 Å². The molecule has 6 heteroatoms. The Balaban J connectivity index is 0.00000200. The van der Waals surface area contributed by atoms with Gasteiger partial charge in [-0.25, -0.2) is 0 Å². The number of carbonyl (C=O) groups excluding carboxylic acids is 1. The Morgan fingerprint density at radius 1 is 1.35 bits per heavy atom. The van der Waals surface area contributed by atoms with E-state index < -0.39 is 0 Å². The van der Waals surface area contributed by atoms with Crippen LogP contribution in [0, 0.1) is 5.92 Å². The maximum absolute atomic E-state index is 12.2. The molecule has 0 spiro atoms. The number of hydrogen-bond acceptors (Lipinski definition) is 2. The molecule has 1 aliphatic rings. The number of hydrogen-bond donors (Lipinski definition) is 2. The predicted octanol–water partition coefficient (Wildman–Crippen LogP) is 3.59. The molecule has 20 heavy (non-hydrogen) atoms. The molecular weight excluding hydrogens is 319 g/mol. The van der Waals surface area contributed by atoms with Gasteiger partial charge in [0.2, 0.25) is 5.91 Å². The van der Waals surface area contributed by atoms with Gasteiger partial charge in [-0.2, -0.15) is 0 Å². The van der Waals surface area contributed by atoms with E-state index in [9.17, 15) is 4.79 Å². The molecule has 1 atom stereocenters. The van der Waals surface area contributed by atoms with Crippen molar-refractivity contribution in [3.63, 3.8) is 0 Å². The Labute approximate surface area is 135 Å². The summed E-state index contributed by atoms with van der Waals surface area (Å²) in [5.74, 6) is 0.217. The van der Waals surface area contributed by atoms with Crippen molar-refractivity contribution in [3.05, 3.63) is 33.8 Å². The quantitative estimate of drug-likeness (QED) is 0.885. The minimum Gasteiger partial charge on any atom is -0.349 e. The van der Waals surface area contributed by atoms with E-state index in [1.807, 2.05) is 13.0 Å². The minimum absolute atomic E-state index is 0. The van der Waals surface area contributed by atoms with Gasteiger partial charge < -0.3 is 10.6 Å². The molecule has 1 unspecified atom stereocenters. The summed E-state index contributed by atoms with van der Waals surface area (Å²) in [7, 11) is 0. The van der Waals surface area contributed by atoms with Crippen molar-refractivity contribution in [2.75, 3.05) is 13.1 Å². The van der Waals surface area contributed by atoms with E-state index in [0.29, 0.717) is 10.0 Å². The van der Waals surface area contributed by atoms with Crippen molar-refractivity contribution in [2.45, 2.75) is 25.8 Å². The fraction of sp³-hybridized carbons (Fsp3) is 0.500. The topological polar surface area (TPSA) is 41.1 Å². The first kappa shape index (κ1) is 17.6. The van der Waals surface area contributed by atoms with Gasteiger partial charge in [-0.05, 0) is 50.6 Å². The van der Waals surface area contributed by atoms with Crippen LogP contribution in [0.3, 0.4) is 0 Å². The monoisotopic (exact) mass is 336 g/mol. The van der Waals surface area contributed by atoms with E-state index >= 15 is 0 Å². The van der Waals surface area contributed by atoms with Crippen LogP contribution in [-0.2, 0) is 4.79 Å². The molecule has 1 saturated heterocycles. The molecular formula is C14H19Cl3N2O. The van der Waals surface area contributed by atoms with Crippen LogP contribution < -0.4 is 10.6 Å². The van der Waals surface area contributed by atoms with Crippen LogP contribution >= 0.6 is 35.6 Å². The Morgan fingerprint density at radius 3 is 2.60 bits per heavy atom. The van der Waals surface area contributed by atoms with E-state index in [2.05, 4.69) is 10.6 Å². The van der Waals surface area contributed by atoms with Crippen molar-refractivity contribution < 1.29 is 4.79 Å². The first-order chi connectivity index (χ1) is 9.08.